The molecule has 4 rings (SSSR count). The van der Waals surface area contributed by atoms with Gasteiger partial charge in [-0.1, -0.05) is 57.9 Å². The number of thiazole rings is 1. The van der Waals surface area contributed by atoms with Gasteiger partial charge in [-0.3, -0.25) is 4.99 Å². The van der Waals surface area contributed by atoms with Gasteiger partial charge in [0.05, 0.1) is 18.5 Å². The predicted octanol–water partition coefficient (Wildman–Crippen LogP) is 6.13. The predicted molar refractivity (Wildman–Crippen MR) is 127 cm³/mol. The molecule has 29 heavy (non-hydrogen) atoms. The Morgan fingerprint density at radius 2 is 2.03 bits per heavy atom. The summed E-state index contributed by atoms with van der Waals surface area (Å²) in [7, 11) is 0. The number of aromatic nitrogens is 2. The van der Waals surface area contributed by atoms with E-state index in [2.05, 4.69) is 76.2 Å². The monoisotopic (exact) mass is 464 g/mol. The highest BCUT2D eigenvalue weighted by atomic mass is 79.9. The Labute approximate surface area is 182 Å². The number of hydrogen-bond acceptors (Lipinski definition) is 3. The van der Waals surface area contributed by atoms with Crippen LogP contribution in [0.3, 0.4) is 0 Å². The average molecular weight is 465 g/mol. The Balaban J connectivity index is 1.81. The molecule has 0 atom stereocenters. The molecule has 0 aliphatic heterocycles. The molecule has 146 valence electrons. The third-order valence-electron chi connectivity index (χ3n) is 4.50. The lowest BCUT2D eigenvalue weighted by molar-refractivity contribution is 0.836. The molecule has 0 bridgehead atoms. The fourth-order valence-corrected chi connectivity index (χ4v) is 4.18. The lowest BCUT2D eigenvalue weighted by Crippen LogP contribution is -2.13. The smallest absolute Gasteiger partial charge is 0.206 e. The van der Waals surface area contributed by atoms with Gasteiger partial charge in [0.25, 0.3) is 0 Å². The van der Waals surface area contributed by atoms with Gasteiger partial charge in [-0.25, -0.2) is 4.68 Å². The number of nitrogens with one attached hydrogen (secondary N) is 1. The van der Waals surface area contributed by atoms with Crippen LogP contribution >= 0.6 is 27.3 Å². The van der Waals surface area contributed by atoms with Crippen LogP contribution in [-0.4, -0.2) is 22.4 Å². The van der Waals surface area contributed by atoms with E-state index in [9.17, 15) is 0 Å². The number of fused-ring (bicyclic) bond motifs is 1. The Bertz CT molecular complexity index is 1270. The maximum Gasteiger partial charge on any atom is 0.206 e. The average Bonchev–Trinajstić information content (AvgIpc) is 3.28. The first kappa shape index (κ1) is 19.6. The van der Waals surface area contributed by atoms with E-state index in [0.29, 0.717) is 6.54 Å². The fraction of sp³-hybridized carbons (Fsp3) is 0.130. The van der Waals surface area contributed by atoms with Gasteiger partial charge in [0.1, 0.15) is 0 Å². The highest BCUT2D eigenvalue weighted by molar-refractivity contribution is 9.10. The summed E-state index contributed by atoms with van der Waals surface area (Å²) in [5.74, 6) is 0. The first-order valence-electron chi connectivity index (χ1n) is 9.25. The zero-order chi connectivity index (χ0) is 20.4. The molecule has 4 aromatic rings. The molecule has 0 aliphatic carbocycles. The number of nitrogens with zero attached hydrogens (tertiary/aromatic N) is 3. The van der Waals surface area contributed by atoms with Crippen LogP contribution in [0.5, 0.6) is 0 Å². The Morgan fingerprint density at radius 3 is 2.79 bits per heavy atom. The van der Waals surface area contributed by atoms with E-state index in [4.69, 9.17) is 10.1 Å². The highest BCUT2D eigenvalue weighted by Gasteiger charge is 2.08. The lowest BCUT2D eigenvalue weighted by Gasteiger charge is -2.04. The van der Waals surface area contributed by atoms with Gasteiger partial charge in [-0.2, -0.15) is 5.10 Å². The topological polar surface area (TPSA) is 45.4 Å². The molecule has 0 saturated heterocycles. The van der Waals surface area contributed by atoms with E-state index in [1.807, 2.05) is 30.1 Å². The molecule has 0 amide bonds. The van der Waals surface area contributed by atoms with E-state index < -0.39 is 0 Å². The molecular weight excluding hydrogens is 444 g/mol. The number of H-pyrrole nitrogens is 1. The maximum absolute atomic E-state index is 4.81. The summed E-state index contributed by atoms with van der Waals surface area (Å²) in [6.07, 6.45) is 3.86. The van der Waals surface area contributed by atoms with Crippen molar-refractivity contribution in [2.24, 2.45) is 10.1 Å². The van der Waals surface area contributed by atoms with Crippen molar-refractivity contribution in [1.29, 1.82) is 0 Å². The minimum absolute atomic E-state index is 0.587. The lowest BCUT2D eigenvalue weighted by atomic mass is 10.1. The van der Waals surface area contributed by atoms with Crippen molar-refractivity contribution in [3.63, 3.8) is 0 Å². The van der Waals surface area contributed by atoms with Crippen LogP contribution in [0.15, 0.2) is 80.8 Å². The first-order chi connectivity index (χ1) is 14.0. The van der Waals surface area contributed by atoms with Crippen LogP contribution in [0.4, 0.5) is 0 Å². The summed E-state index contributed by atoms with van der Waals surface area (Å²) >= 11 is 5.14. The zero-order valence-corrected chi connectivity index (χ0v) is 18.7. The molecule has 0 spiro atoms. The molecule has 2 aromatic heterocycles. The number of benzene rings is 2. The van der Waals surface area contributed by atoms with Crippen LogP contribution in [-0.2, 0) is 0 Å². The largest absolute Gasteiger partial charge is 0.361 e. The van der Waals surface area contributed by atoms with Crippen molar-refractivity contribution < 1.29 is 0 Å². The minimum Gasteiger partial charge on any atom is -0.361 e. The zero-order valence-electron chi connectivity index (χ0n) is 16.3. The molecule has 0 fully saturated rings. The van der Waals surface area contributed by atoms with Gasteiger partial charge >= 0.3 is 0 Å². The maximum atomic E-state index is 4.81. The standard InChI is InChI=1S/C23H21BrN4S/c1-15(2)11-26-23-28(22(14-29-23)17-6-4-16(3)5-7-17)27-13-18-12-25-21-9-8-19(24)10-20(18)21/h4-10,12-14,25H,1,11H2,2-3H3/b26-23?,27-13+. The van der Waals surface area contributed by atoms with E-state index in [1.54, 1.807) is 11.3 Å². The first-order valence-corrected chi connectivity index (χ1v) is 10.9. The summed E-state index contributed by atoms with van der Waals surface area (Å²) in [5, 5.41) is 8.03. The quantitative estimate of drug-likeness (QED) is 0.272. The molecule has 4 nitrogen and oxygen atoms in total. The van der Waals surface area contributed by atoms with Gasteiger partial charge in [0, 0.05) is 38.1 Å². The Kier molecular flexibility index (Phi) is 5.65. The second kappa shape index (κ2) is 8.35. The van der Waals surface area contributed by atoms with Crippen molar-refractivity contribution >= 4 is 44.4 Å². The molecule has 6 heteroatoms. The molecule has 0 saturated carbocycles. The second-order valence-electron chi connectivity index (χ2n) is 7.03. The molecule has 0 radical (unpaired) electrons. The molecule has 2 heterocycles. The molecular formula is C23H21BrN4S. The van der Waals surface area contributed by atoms with Crippen molar-refractivity contribution in [1.82, 2.24) is 9.66 Å². The summed E-state index contributed by atoms with van der Waals surface area (Å²) in [6.45, 7) is 8.62. The normalized spacial score (nSPS) is 12.3. The van der Waals surface area contributed by atoms with Crippen LogP contribution in [0.1, 0.15) is 18.1 Å². The van der Waals surface area contributed by atoms with E-state index in [1.165, 1.54) is 5.56 Å². The highest BCUT2D eigenvalue weighted by Crippen LogP contribution is 2.23. The van der Waals surface area contributed by atoms with E-state index in [-0.39, 0.29) is 0 Å². The van der Waals surface area contributed by atoms with Crippen molar-refractivity contribution in [3.05, 3.63) is 86.6 Å². The number of hydrogen-bond donors (Lipinski definition) is 1. The summed E-state index contributed by atoms with van der Waals surface area (Å²) in [4.78, 5) is 8.85. The molecule has 1 N–H and O–H groups in total. The van der Waals surface area contributed by atoms with Gasteiger partial charge in [-0.05, 0) is 32.0 Å². The van der Waals surface area contributed by atoms with Crippen LogP contribution in [0.25, 0.3) is 22.2 Å². The summed E-state index contributed by atoms with van der Waals surface area (Å²) < 4.78 is 2.95. The van der Waals surface area contributed by atoms with Gasteiger partial charge in [-0.15, -0.1) is 11.3 Å². The van der Waals surface area contributed by atoms with E-state index in [0.717, 1.165) is 42.6 Å². The fourth-order valence-electron chi connectivity index (χ4n) is 2.99. The van der Waals surface area contributed by atoms with Crippen LogP contribution in [0.2, 0.25) is 0 Å². The van der Waals surface area contributed by atoms with Gasteiger partial charge < -0.3 is 4.98 Å². The van der Waals surface area contributed by atoms with Crippen molar-refractivity contribution in [3.8, 4) is 11.3 Å². The minimum atomic E-state index is 0.587. The van der Waals surface area contributed by atoms with Crippen LogP contribution in [0, 0.1) is 6.92 Å². The number of aromatic amines is 1. The van der Waals surface area contributed by atoms with Crippen LogP contribution < -0.4 is 4.80 Å². The van der Waals surface area contributed by atoms with E-state index >= 15 is 0 Å². The van der Waals surface area contributed by atoms with Crippen molar-refractivity contribution in [2.75, 3.05) is 6.54 Å². The summed E-state index contributed by atoms with van der Waals surface area (Å²) in [5.41, 5.74) is 6.50. The third kappa shape index (κ3) is 4.33. The molecule has 0 unspecified atom stereocenters. The number of aryl methyl sites for hydroxylation is 1. The van der Waals surface area contributed by atoms with Crippen molar-refractivity contribution in [2.45, 2.75) is 13.8 Å². The molecule has 0 aliphatic rings. The van der Waals surface area contributed by atoms with Gasteiger partial charge in [0.15, 0.2) is 0 Å². The second-order valence-corrected chi connectivity index (χ2v) is 8.79. The summed E-state index contributed by atoms with van der Waals surface area (Å²) in [6, 6.07) is 14.6. The molecule has 2 aromatic carbocycles. The Morgan fingerprint density at radius 1 is 1.24 bits per heavy atom. The number of halogens is 1. The van der Waals surface area contributed by atoms with Gasteiger partial charge in [0.2, 0.25) is 4.80 Å². The number of rotatable bonds is 5. The third-order valence-corrected chi connectivity index (χ3v) is 5.85. The SMILES string of the molecule is C=C(C)CN=c1scc(-c2ccc(C)cc2)n1/N=C/c1c[nH]c2ccc(Br)cc12. The Hall–Kier alpha value is -2.70.